The van der Waals surface area contributed by atoms with E-state index >= 15 is 0 Å². The van der Waals surface area contributed by atoms with Crippen molar-refractivity contribution in [1.29, 1.82) is 0 Å². The van der Waals surface area contributed by atoms with Crippen LogP contribution in [0.1, 0.15) is 43.0 Å². The van der Waals surface area contributed by atoms with E-state index in [2.05, 4.69) is 15.7 Å². The molecule has 0 aliphatic rings. The molecule has 0 spiro atoms. The van der Waals surface area contributed by atoms with Gasteiger partial charge in [0.1, 0.15) is 5.60 Å². The fraction of sp³-hybridized carbons (Fsp3) is 0.333. The highest BCUT2D eigenvalue weighted by atomic mass is 35.5. The van der Waals surface area contributed by atoms with Gasteiger partial charge in [-0.05, 0) is 74.7 Å². The number of H-pyrrole nitrogens is 1. The van der Waals surface area contributed by atoms with Gasteiger partial charge in [-0.2, -0.15) is 0 Å². The van der Waals surface area contributed by atoms with Crippen molar-refractivity contribution >= 4 is 34.5 Å². The molecule has 2 heterocycles. The number of hydrogen-bond donors (Lipinski definition) is 3. The molecule has 3 N–H and O–H groups in total. The maximum atomic E-state index is 13.3. The summed E-state index contributed by atoms with van der Waals surface area (Å²) in [7, 11) is 0. The maximum absolute atomic E-state index is 13.3. The van der Waals surface area contributed by atoms with Gasteiger partial charge in [-0.3, -0.25) is 24.2 Å². The number of pyridine rings is 1. The average Bonchev–Trinajstić information content (AvgIpc) is 3.23. The molecule has 2 aromatic heterocycles. The van der Waals surface area contributed by atoms with Crippen molar-refractivity contribution in [3.63, 3.8) is 0 Å². The number of aromatic nitrogens is 3. The summed E-state index contributed by atoms with van der Waals surface area (Å²) in [6, 6.07) is 14.3. The number of nitrogens with zero attached hydrogens (tertiary/aromatic N) is 2. The number of benzene rings is 2. The molecule has 0 fully saturated rings. The van der Waals surface area contributed by atoms with Crippen LogP contribution >= 0.6 is 11.6 Å². The number of nitrogens with one attached hydrogen (secondary N) is 3. The number of amides is 2. The number of rotatable bonds is 9. The summed E-state index contributed by atoms with van der Waals surface area (Å²) < 4.78 is 8.55. The number of alkyl carbamates (subject to hydrolysis) is 1. The number of carbonyl (C=O) groups excluding carboxylic acids is 2. The topological polar surface area (TPSA) is 127 Å². The fourth-order valence-electron chi connectivity index (χ4n) is 4.46. The first-order valence-corrected chi connectivity index (χ1v) is 13.7. The van der Waals surface area contributed by atoms with Crippen LogP contribution < -0.4 is 21.8 Å². The molecule has 0 saturated heterocycles. The molecular weight excluding hydrogens is 546 g/mol. The van der Waals surface area contributed by atoms with Gasteiger partial charge >= 0.3 is 6.09 Å². The Labute approximate surface area is 242 Å². The van der Waals surface area contributed by atoms with E-state index in [1.54, 1.807) is 79.5 Å². The summed E-state index contributed by atoms with van der Waals surface area (Å²) in [6.45, 7) is 8.20. The molecule has 0 aliphatic heterocycles. The first-order chi connectivity index (χ1) is 19.4. The molecule has 0 saturated carbocycles. The molecule has 0 atom stereocenters. The van der Waals surface area contributed by atoms with E-state index in [4.69, 9.17) is 16.3 Å². The lowest BCUT2D eigenvalue weighted by molar-refractivity contribution is -0.120. The molecule has 41 heavy (non-hydrogen) atoms. The van der Waals surface area contributed by atoms with Gasteiger partial charge in [-0.1, -0.05) is 29.8 Å². The van der Waals surface area contributed by atoms with Gasteiger partial charge in [-0.15, -0.1) is 0 Å². The minimum atomic E-state index is -0.620. The third kappa shape index (κ3) is 7.67. The lowest BCUT2D eigenvalue weighted by atomic mass is 10.1. The van der Waals surface area contributed by atoms with E-state index < -0.39 is 11.7 Å². The Morgan fingerprint density at radius 1 is 0.976 bits per heavy atom. The Kier molecular flexibility index (Phi) is 9.02. The first kappa shape index (κ1) is 29.7. The average molecular weight is 580 g/mol. The Morgan fingerprint density at radius 3 is 2.46 bits per heavy atom. The van der Waals surface area contributed by atoms with Crippen LogP contribution in [-0.4, -0.2) is 31.9 Å². The summed E-state index contributed by atoms with van der Waals surface area (Å²) in [5.74, 6) is -0.324. The number of aryl methyl sites for hydroxylation is 3. The third-order valence-electron chi connectivity index (χ3n) is 6.54. The van der Waals surface area contributed by atoms with E-state index in [1.807, 2.05) is 12.1 Å². The standard InChI is InChI=1S/C30H34ClN5O5/c1-19-11-12-35(13-14-36-25-8-6-5-7-23(25)27(38)34-36)28(39)24(19)16-26(37)32-18-21-15-22(31)10-9-20(21)17-33-29(40)41-30(2,3)4/h5-12,15H,13-14,16-18H2,1-4H3,(H,32,37)(H,33,40)(H,34,38). The molecule has 216 valence electrons. The number of halogens is 1. The highest BCUT2D eigenvalue weighted by Gasteiger charge is 2.17. The van der Waals surface area contributed by atoms with Gasteiger partial charge < -0.3 is 19.9 Å². The van der Waals surface area contributed by atoms with Crippen LogP contribution in [-0.2, 0) is 42.1 Å². The van der Waals surface area contributed by atoms with Crippen molar-refractivity contribution in [2.24, 2.45) is 0 Å². The number of carbonyl (C=O) groups is 2. The normalized spacial score (nSPS) is 11.4. The summed E-state index contributed by atoms with van der Waals surface area (Å²) in [5.41, 5.74) is 2.32. The molecule has 0 bridgehead atoms. The molecule has 2 amide bonds. The zero-order valence-corrected chi connectivity index (χ0v) is 24.3. The van der Waals surface area contributed by atoms with E-state index in [9.17, 15) is 19.2 Å². The van der Waals surface area contributed by atoms with Gasteiger partial charge in [0.2, 0.25) is 5.91 Å². The van der Waals surface area contributed by atoms with Gasteiger partial charge in [0.15, 0.2) is 0 Å². The number of ether oxygens (including phenoxy) is 1. The first-order valence-electron chi connectivity index (χ1n) is 13.3. The van der Waals surface area contributed by atoms with Crippen molar-refractivity contribution in [3.8, 4) is 0 Å². The summed E-state index contributed by atoms with van der Waals surface area (Å²) in [5, 5.41) is 9.47. The van der Waals surface area contributed by atoms with Crippen molar-refractivity contribution < 1.29 is 14.3 Å². The fourth-order valence-corrected chi connectivity index (χ4v) is 4.66. The second-order valence-corrected chi connectivity index (χ2v) is 11.2. The van der Waals surface area contributed by atoms with Crippen LogP contribution in [0.5, 0.6) is 0 Å². The molecule has 4 rings (SSSR count). The van der Waals surface area contributed by atoms with Crippen LogP contribution in [0.4, 0.5) is 4.79 Å². The molecular formula is C30H34ClN5O5. The second kappa shape index (κ2) is 12.5. The minimum Gasteiger partial charge on any atom is -0.444 e. The van der Waals surface area contributed by atoms with Crippen molar-refractivity contribution in [2.75, 3.05) is 0 Å². The summed E-state index contributed by atoms with van der Waals surface area (Å²) in [4.78, 5) is 50.5. The Morgan fingerprint density at radius 2 is 1.71 bits per heavy atom. The lowest BCUT2D eigenvalue weighted by Crippen LogP contribution is -2.33. The Hall–Kier alpha value is -4.31. The van der Waals surface area contributed by atoms with Crippen LogP contribution in [0, 0.1) is 6.92 Å². The smallest absolute Gasteiger partial charge is 0.407 e. The lowest BCUT2D eigenvalue weighted by Gasteiger charge is -2.20. The van der Waals surface area contributed by atoms with Crippen LogP contribution in [0.3, 0.4) is 0 Å². The van der Waals surface area contributed by atoms with Crippen molar-refractivity contribution in [2.45, 2.75) is 65.9 Å². The second-order valence-electron chi connectivity index (χ2n) is 10.8. The van der Waals surface area contributed by atoms with E-state index in [-0.39, 0.29) is 36.5 Å². The molecule has 0 radical (unpaired) electrons. The molecule has 10 nitrogen and oxygen atoms in total. The van der Waals surface area contributed by atoms with Gasteiger partial charge in [-0.25, -0.2) is 4.79 Å². The van der Waals surface area contributed by atoms with Crippen molar-refractivity contribution in [1.82, 2.24) is 25.0 Å². The molecule has 0 aliphatic carbocycles. The zero-order chi connectivity index (χ0) is 29.7. The largest absolute Gasteiger partial charge is 0.444 e. The molecule has 4 aromatic rings. The van der Waals surface area contributed by atoms with E-state index in [1.165, 1.54) is 0 Å². The maximum Gasteiger partial charge on any atom is 0.407 e. The van der Waals surface area contributed by atoms with Gasteiger partial charge in [0, 0.05) is 36.4 Å². The van der Waals surface area contributed by atoms with Crippen molar-refractivity contribution in [3.05, 3.63) is 103 Å². The van der Waals surface area contributed by atoms with Gasteiger partial charge in [0.05, 0.1) is 23.9 Å². The van der Waals surface area contributed by atoms with Crippen LogP contribution in [0.2, 0.25) is 5.02 Å². The quantitative estimate of drug-likeness (QED) is 0.276. The number of aromatic amines is 1. The highest BCUT2D eigenvalue weighted by molar-refractivity contribution is 6.30. The van der Waals surface area contributed by atoms with E-state index in [0.29, 0.717) is 34.6 Å². The van der Waals surface area contributed by atoms with Crippen LogP contribution in [0.25, 0.3) is 10.9 Å². The molecule has 11 heteroatoms. The zero-order valence-electron chi connectivity index (χ0n) is 23.5. The van der Waals surface area contributed by atoms with E-state index in [0.717, 1.165) is 16.6 Å². The highest BCUT2D eigenvalue weighted by Crippen LogP contribution is 2.17. The monoisotopic (exact) mass is 579 g/mol. The Bertz CT molecular complexity index is 1700. The SMILES string of the molecule is Cc1ccn(CCn2[nH]c(=O)c3ccccc32)c(=O)c1CC(=O)NCc1cc(Cl)ccc1CNC(=O)OC(C)(C)C. The predicted octanol–water partition coefficient (Wildman–Crippen LogP) is 4.04. The molecule has 2 aromatic carbocycles. The summed E-state index contributed by atoms with van der Waals surface area (Å²) >= 11 is 6.19. The third-order valence-corrected chi connectivity index (χ3v) is 6.78. The Balaban J connectivity index is 1.41. The number of hydrogen-bond acceptors (Lipinski definition) is 5. The van der Waals surface area contributed by atoms with Crippen LogP contribution in [0.15, 0.2) is 64.3 Å². The van der Waals surface area contributed by atoms with Gasteiger partial charge in [0.25, 0.3) is 11.1 Å². The number of para-hydroxylation sites is 1. The number of fused-ring (bicyclic) bond motifs is 1. The predicted molar refractivity (Wildman–Crippen MR) is 158 cm³/mol. The summed E-state index contributed by atoms with van der Waals surface area (Å²) in [6.07, 6.45) is 1.05. The minimum absolute atomic E-state index is 0.0964. The molecule has 0 unspecified atom stereocenters.